The monoisotopic (exact) mass is 206 g/mol. The van der Waals surface area contributed by atoms with E-state index < -0.39 is 0 Å². The number of nitrogens with one attached hydrogen (secondary N) is 1. The normalized spacial score (nSPS) is 8.00. The Bertz CT molecular complexity index is 183. The second-order valence-corrected chi connectivity index (χ2v) is 2.34. The molecule has 1 aromatic heterocycles. The summed E-state index contributed by atoms with van der Waals surface area (Å²) in [5, 5.41) is 8.84. The van der Waals surface area contributed by atoms with E-state index in [0.717, 1.165) is 4.88 Å². The Morgan fingerprint density at radius 3 is 2.56 bits per heavy atom. The van der Waals surface area contributed by atoms with Crippen LogP contribution in [0.5, 0.6) is 0 Å². The first kappa shape index (κ1) is 8.65. The smallest absolute Gasteiger partial charge is 0.133 e. The van der Waals surface area contributed by atoms with E-state index in [4.69, 9.17) is 11.1 Å². The second kappa shape index (κ2) is 3.63. The average molecular weight is 207 g/mol. The predicted molar refractivity (Wildman–Crippen MR) is 45.7 cm³/mol. The number of nitrogen functional groups attached to an aromatic ring is 1. The van der Waals surface area contributed by atoms with Crippen molar-refractivity contribution in [3.05, 3.63) is 22.4 Å². The molecule has 50 valence electrons. The summed E-state index contributed by atoms with van der Waals surface area (Å²) in [6, 6.07) is 3.70. The van der Waals surface area contributed by atoms with Crippen molar-refractivity contribution in [2.24, 2.45) is 5.73 Å². The molecule has 0 aliphatic heterocycles. The molecule has 3 N–H and O–H groups in total. The Labute approximate surface area is 68.0 Å². The largest absolute Gasteiger partial charge is 0.383 e. The number of halogens is 1. The van der Waals surface area contributed by atoms with Gasteiger partial charge in [0.25, 0.3) is 0 Å². The van der Waals surface area contributed by atoms with Gasteiger partial charge in [-0.2, -0.15) is 0 Å². The molecule has 1 aromatic rings. The number of thiophene rings is 1. The quantitative estimate of drug-likeness (QED) is 0.533. The fourth-order valence-electron chi connectivity index (χ4n) is 0.432. The molecule has 0 radical (unpaired) electrons. The number of nitrogens with two attached hydrogens (primary N) is 1. The lowest BCUT2D eigenvalue weighted by molar-refractivity contribution is 1.45. The third-order valence-electron chi connectivity index (χ3n) is 0.787. The molecular formula is C5H7BrN2S. The summed E-state index contributed by atoms with van der Waals surface area (Å²) in [5.41, 5.74) is 5.15. The first-order chi connectivity index (χ1) is 3.80. The van der Waals surface area contributed by atoms with Crippen LogP contribution in [-0.4, -0.2) is 5.84 Å². The summed E-state index contributed by atoms with van der Waals surface area (Å²) < 4.78 is 0. The first-order valence-corrected chi connectivity index (χ1v) is 3.06. The highest BCUT2D eigenvalue weighted by atomic mass is 79.9. The highest BCUT2D eigenvalue weighted by Crippen LogP contribution is 2.05. The van der Waals surface area contributed by atoms with E-state index in [0.29, 0.717) is 0 Å². The minimum Gasteiger partial charge on any atom is -0.383 e. The molecule has 4 heteroatoms. The maximum absolute atomic E-state index is 6.94. The van der Waals surface area contributed by atoms with Crippen molar-refractivity contribution in [3.63, 3.8) is 0 Å². The van der Waals surface area contributed by atoms with Crippen LogP contribution in [-0.2, 0) is 0 Å². The van der Waals surface area contributed by atoms with Crippen LogP contribution >= 0.6 is 28.3 Å². The maximum Gasteiger partial charge on any atom is 0.133 e. The molecule has 1 rings (SSSR count). The maximum atomic E-state index is 6.94. The van der Waals surface area contributed by atoms with Crippen molar-refractivity contribution >= 4 is 34.2 Å². The van der Waals surface area contributed by atoms with Gasteiger partial charge in [0.2, 0.25) is 0 Å². The molecule has 0 unspecified atom stereocenters. The van der Waals surface area contributed by atoms with Gasteiger partial charge in [0.1, 0.15) is 5.84 Å². The number of hydrogen-bond acceptors (Lipinski definition) is 2. The Hall–Kier alpha value is -0.350. The molecule has 2 nitrogen and oxygen atoms in total. The van der Waals surface area contributed by atoms with Crippen molar-refractivity contribution < 1.29 is 0 Å². The molecule has 0 aliphatic carbocycles. The summed E-state index contributed by atoms with van der Waals surface area (Å²) in [6.07, 6.45) is 0. The minimum atomic E-state index is 0. The Morgan fingerprint density at radius 1 is 1.67 bits per heavy atom. The van der Waals surface area contributed by atoms with Gasteiger partial charge in [-0.25, -0.2) is 0 Å². The third kappa shape index (κ3) is 2.15. The van der Waals surface area contributed by atoms with Crippen LogP contribution in [0.1, 0.15) is 4.88 Å². The van der Waals surface area contributed by atoms with Crippen molar-refractivity contribution in [1.29, 1.82) is 5.41 Å². The van der Waals surface area contributed by atoms with Gasteiger partial charge in [-0.15, -0.1) is 28.3 Å². The van der Waals surface area contributed by atoms with Crippen LogP contribution in [0.3, 0.4) is 0 Å². The predicted octanol–water partition coefficient (Wildman–Crippen LogP) is 1.61. The Morgan fingerprint density at radius 2 is 2.33 bits per heavy atom. The van der Waals surface area contributed by atoms with Gasteiger partial charge >= 0.3 is 0 Å². The zero-order valence-corrected chi connectivity index (χ0v) is 7.16. The Kier molecular flexibility index (Phi) is 3.49. The first-order valence-electron chi connectivity index (χ1n) is 2.18. The molecule has 0 spiro atoms. The van der Waals surface area contributed by atoms with Gasteiger partial charge in [0, 0.05) is 0 Å². The van der Waals surface area contributed by atoms with E-state index in [-0.39, 0.29) is 22.8 Å². The lowest BCUT2D eigenvalue weighted by atomic mass is 10.4. The average Bonchev–Trinajstić information content (AvgIpc) is 2.12. The molecule has 0 saturated carbocycles. The van der Waals surface area contributed by atoms with Crippen molar-refractivity contribution in [2.45, 2.75) is 0 Å². The van der Waals surface area contributed by atoms with E-state index >= 15 is 0 Å². The van der Waals surface area contributed by atoms with Gasteiger partial charge < -0.3 is 5.73 Å². The summed E-state index contributed by atoms with van der Waals surface area (Å²) in [7, 11) is 0. The topological polar surface area (TPSA) is 49.9 Å². The molecule has 0 amide bonds. The van der Waals surface area contributed by atoms with Crippen LogP contribution in [0.15, 0.2) is 17.5 Å². The minimum absolute atomic E-state index is 0. The van der Waals surface area contributed by atoms with Gasteiger partial charge in [0.05, 0.1) is 4.88 Å². The molecule has 0 saturated heterocycles. The SMILES string of the molecule is Br.N=C(N)c1cccs1. The van der Waals surface area contributed by atoms with Crippen molar-refractivity contribution in [1.82, 2.24) is 0 Å². The highest BCUT2D eigenvalue weighted by Gasteiger charge is 1.92. The zero-order chi connectivity index (χ0) is 5.98. The van der Waals surface area contributed by atoms with E-state index in [1.54, 1.807) is 0 Å². The molecule has 1 heterocycles. The van der Waals surface area contributed by atoms with Gasteiger partial charge in [0.15, 0.2) is 0 Å². The Balaban J connectivity index is 0.000000640. The van der Waals surface area contributed by atoms with E-state index in [1.165, 1.54) is 11.3 Å². The van der Waals surface area contributed by atoms with Crippen LogP contribution in [0, 0.1) is 5.41 Å². The van der Waals surface area contributed by atoms with Gasteiger partial charge in [-0.3, -0.25) is 5.41 Å². The molecule has 0 aromatic carbocycles. The highest BCUT2D eigenvalue weighted by molar-refractivity contribution is 8.93. The van der Waals surface area contributed by atoms with Crippen molar-refractivity contribution in [2.75, 3.05) is 0 Å². The lowest BCUT2D eigenvalue weighted by Gasteiger charge is -1.84. The number of hydrogen-bond donors (Lipinski definition) is 2. The molecule has 0 bridgehead atoms. The van der Waals surface area contributed by atoms with Crippen LogP contribution in [0.25, 0.3) is 0 Å². The third-order valence-corrected chi connectivity index (χ3v) is 1.69. The lowest BCUT2D eigenvalue weighted by Crippen LogP contribution is -2.08. The van der Waals surface area contributed by atoms with Crippen molar-refractivity contribution in [3.8, 4) is 0 Å². The standard InChI is InChI=1S/C5H6N2S.BrH/c6-5(7)4-2-1-3-8-4;/h1-3H,(H3,6,7);1H. The molecule has 9 heavy (non-hydrogen) atoms. The molecule has 0 aliphatic rings. The molecule has 0 atom stereocenters. The summed E-state index contributed by atoms with van der Waals surface area (Å²) in [4.78, 5) is 0.838. The second-order valence-electron chi connectivity index (χ2n) is 1.39. The fraction of sp³-hybridized carbons (Fsp3) is 0. The zero-order valence-electron chi connectivity index (χ0n) is 4.63. The van der Waals surface area contributed by atoms with Crippen LogP contribution in [0.4, 0.5) is 0 Å². The van der Waals surface area contributed by atoms with E-state index in [2.05, 4.69) is 0 Å². The molecular weight excluding hydrogens is 200 g/mol. The summed E-state index contributed by atoms with van der Waals surface area (Å²) >= 11 is 1.48. The van der Waals surface area contributed by atoms with Crippen LogP contribution in [0.2, 0.25) is 0 Å². The van der Waals surface area contributed by atoms with Gasteiger partial charge in [-0.1, -0.05) is 6.07 Å². The number of amidine groups is 1. The summed E-state index contributed by atoms with van der Waals surface area (Å²) in [6.45, 7) is 0. The van der Waals surface area contributed by atoms with Crippen LogP contribution < -0.4 is 5.73 Å². The fourth-order valence-corrected chi connectivity index (χ4v) is 1.02. The molecule has 0 fully saturated rings. The number of rotatable bonds is 1. The van der Waals surface area contributed by atoms with E-state index in [9.17, 15) is 0 Å². The van der Waals surface area contributed by atoms with Gasteiger partial charge in [-0.05, 0) is 11.4 Å². The van der Waals surface area contributed by atoms with E-state index in [1.807, 2.05) is 17.5 Å². The summed E-state index contributed by atoms with van der Waals surface area (Å²) in [5.74, 6) is 0.153.